The second-order valence-electron chi connectivity index (χ2n) is 6.04. The van der Waals surface area contributed by atoms with Gasteiger partial charge < -0.3 is 15.5 Å². The summed E-state index contributed by atoms with van der Waals surface area (Å²) in [7, 11) is 3.55. The Morgan fingerprint density at radius 1 is 1.24 bits per heavy atom. The molecule has 0 fully saturated rings. The third-order valence-corrected chi connectivity index (χ3v) is 4.35. The van der Waals surface area contributed by atoms with E-state index in [9.17, 15) is 4.79 Å². The van der Waals surface area contributed by atoms with Crippen molar-refractivity contribution in [3.05, 3.63) is 35.4 Å². The molecule has 0 heterocycles. The van der Waals surface area contributed by atoms with E-state index in [4.69, 9.17) is 0 Å². The first kappa shape index (κ1) is 21.4. The second kappa shape index (κ2) is 12.6. The highest BCUT2D eigenvalue weighted by Crippen LogP contribution is 2.07. The van der Waals surface area contributed by atoms with Crippen LogP contribution < -0.4 is 10.6 Å². The molecular weight excluding hydrogens is 332 g/mol. The molecule has 0 saturated heterocycles. The van der Waals surface area contributed by atoms with Crippen LogP contribution in [0.1, 0.15) is 35.7 Å². The van der Waals surface area contributed by atoms with Gasteiger partial charge in [0.25, 0.3) is 5.91 Å². The van der Waals surface area contributed by atoms with E-state index >= 15 is 0 Å². The zero-order valence-corrected chi connectivity index (χ0v) is 16.8. The van der Waals surface area contributed by atoms with Gasteiger partial charge >= 0.3 is 0 Å². The lowest BCUT2D eigenvalue weighted by molar-refractivity contribution is 0.0827. The Labute approximate surface area is 156 Å². The van der Waals surface area contributed by atoms with Crippen molar-refractivity contribution < 1.29 is 4.79 Å². The molecular formula is C19H32N4OS. The number of aliphatic imine (C=N–C) groups is 1. The fourth-order valence-corrected chi connectivity index (χ4v) is 2.83. The molecule has 6 heteroatoms. The van der Waals surface area contributed by atoms with E-state index in [2.05, 4.69) is 34.9 Å². The predicted octanol–water partition coefficient (Wildman–Crippen LogP) is 2.63. The van der Waals surface area contributed by atoms with Crippen molar-refractivity contribution in [2.24, 2.45) is 4.99 Å². The van der Waals surface area contributed by atoms with Crippen LogP contribution in [0.25, 0.3) is 0 Å². The predicted molar refractivity (Wildman–Crippen MR) is 110 cm³/mol. The van der Waals surface area contributed by atoms with E-state index in [1.165, 1.54) is 12.2 Å². The summed E-state index contributed by atoms with van der Waals surface area (Å²) in [5.74, 6) is 2.10. The fourth-order valence-electron chi connectivity index (χ4n) is 2.33. The SMILES string of the molecule is CCNC(=NCCCCSC)NCCc1cccc(C(=O)N(C)C)c1. The highest BCUT2D eigenvalue weighted by Gasteiger charge is 2.08. The van der Waals surface area contributed by atoms with Gasteiger partial charge in [0.15, 0.2) is 5.96 Å². The monoisotopic (exact) mass is 364 g/mol. The van der Waals surface area contributed by atoms with Crippen LogP contribution in [0.2, 0.25) is 0 Å². The average Bonchev–Trinajstić information content (AvgIpc) is 2.61. The van der Waals surface area contributed by atoms with Crippen LogP contribution in [-0.4, -0.2) is 62.5 Å². The fraction of sp³-hybridized carbons (Fsp3) is 0.579. The minimum Gasteiger partial charge on any atom is -0.357 e. The third-order valence-electron chi connectivity index (χ3n) is 3.66. The van der Waals surface area contributed by atoms with E-state index in [0.29, 0.717) is 0 Å². The number of carbonyl (C=O) groups excluding carboxylic acids is 1. The Kier molecular flexibility index (Phi) is 10.8. The Balaban J connectivity index is 2.48. The average molecular weight is 365 g/mol. The molecule has 0 aliphatic heterocycles. The summed E-state index contributed by atoms with van der Waals surface area (Å²) in [4.78, 5) is 18.2. The summed E-state index contributed by atoms with van der Waals surface area (Å²) in [5.41, 5.74) is 1.88. The first-order chi connectivity index (χ1) is 12.1. The molecule has 140 valence electrons. The molecule has 25 heavy (non-hydrogen) atoms. The van der Waals surface area contributed by atoms with Crippen LogP contribution in [0.5, 0.6) is 0 Å². The summed E-state index contributed by atoms with van der Waals surface area (Å²) in [6.45, 7) is 4.56. The first-order valence-corrected chi connectivity index (χ1v) is 10.3. The maximum absolute atomic E-state index is 12.0. The van der Waals surface area contributed by atoms with Gasteiger partial charge in [-0.2, -0.15) is 11.8 Å². The van der Waals surface area contributed by atoms with Crippen molar-refractivity contribution in [3.8, 4) is 0 Å². The lowest BCUT2D eigenvalue weighted by Crippen LogP contribution is -2.38. The van der Waals surface area contributed by atoms with Crippen LogP contribution in [0.15, 0.2) is 29.3 Å². The molecule has 0 unspecified atom stereocenters. The number of hydrogen-bond donors (Lipinski definition) is 2. The summed E-state index contributed by atoms with van der Waals surface area (Å²) in [6.07, 6.45) is 5.31. The number of unbranched alkanes of at least 4 members (excludes halogenated alkanes) is 1. The van der Waals surface area contributed by atoms with Crippen molar-refractivity contribution in [1.82, 2.24) is 15.5 Å². The third kappa shape index (κ3) is 8.82. The molecule has 1 amide bonds. The topological polar surface area (TPSA) is 56.7 Å². The molecule has 0 aromatic heterocycles. The molecule has 1 aromatic carbocycles. The number of carbonyl (C=O) groups is 1. The smallest absolute Gasteiger partial charge is 0.253 e. The molecule has 0 bridgehead atoms. The van der Waals surface area contributed by atoms with Crippen LogP contribution in [0, 0.1) is 0 Å². The van der Waals surface area contributed by atoms with Crippen molar-refractivity contribution in [3.63, 3.8) is 0 Å². The Bertz CT molecular complexity index is 546. The molecule has 0 aliphatic carbocycles. The minimum absolute atomic E-state index is 0.0370. The summed E-state index contributed by atoms with van der Waals surface area (Å²) in [5, 5.41) is 6.65. The van der Waals surface area contributed by atoms with E-state index < -0.39 is 0 Å². The Hall–Kier alpha value is -1.69. The molecule has 0 spiro atoms. The van der Waals surface area contributed by atoms with Crippen molar-refractivity contribution >= 4 is 23.6 Å². The van der Waals surface area contributed by atoms with Gasteiger partial charge in [0, 0.05) is 39.3 Å². The number of amides is 1. The van der Waals surface area contributed by atoms with Crippen molar-refractivity contribution in [2.75, 3.05) is 45.7 Å². The van der Waals surface area contributed by atoms with Gasteiger partial charge in [-0.15, -0.1) is 0 Å². The summed E-state index contributed by atoms with van der Waals surface area (Å²) in [6, 6.07) is 7.83. The van der Waals surface area contributed by atoms with E-state index in [0.717, 1.165) is 49.6 Å². The number of guanidine groups is 1. The Morgan fingerprint density at radius 2 is 2.04 bits per heavy atom. The van der Waals surface area contributed by atoms with Gasteiger partial charge in [0.1, 0.15) is 0 Å². The maximum Gasteiger partial charge on any atom is 0.253 e. The molecule has 0 atom stereocenters. The lowest BCUT2D eigenvalue weighted by atomic mass is 10.1. The van der Waals surface area contributed by atoms with Crippen LogP contribution in [0.3, 0.4) is 0 Å². The number of benzene rings is 1. The van der Waals surface area contributed by atoms with Gasteiger partial charge in [-0.3, -0.25) is 9.79 Å². The molecule has 1 rings (SSSR count). The Morgan fingerprint density at radius 3 is 2.72 bits per heavy atom. The van der Waals surface area contributed by atoms with Crippen molar-refractivity contribution in [2.45, 2.75) is 26.2 Å². The number of hydrogen-bond acceptors (Lipinski definition) is 3. The highest BCUT2D eigenvalue weighted by molar-refractivity contribution is 7.98. The molecule has 1 aromatic rings. The zero-order valence-electron chi connectivity index (χ0n) is 16.0. The highest BCUT2D eigenvalue weighted by atomic mass is 32.2. The quantitative estimate of drug-likeness (QED) is 0.381. The first-order valence-electron chi connectivity index (χ1n) is 8.90. The number of nitrogens with one attached hydrogen (secondary N) is 2. The summed E-state index contributed by atoms with van der Waals surface area (Å²) < 4.78 is 0. The normalized spacial score (nSPS) is 11.3. The molecule has 0 aliphatic rings. The van der Waals surface area contributed by atoms with Crippen molar-refractivity contribution in [1.29, 1.82) is 0 Å². The molecule has 2 N–H and O–H groups in total. The maximum atomic E-state index is 12.0. The van der Waals surface area contributed by atoms with Gasteiger partial charge in [-0.05, 0) is 55.9 Å². The van der Waals surface area contributed by atoms with E-state index in [-0.39, 0.29) is 5.91 Å². The molecule has 0 saturated carbocycles. The number of nitrogens with zero attached hydrogens (tertiary/aromatic N) is 2. The van der Waals surface area contributed by atoms with Crippen LogP contribution >= 0.6 is 11.8 Å². The second-order valence-corrected chi connectivity index (χ2v) is 7.02. The minimum atomic E-state index is 0.0370. The van der Waals surface area contributed by atoms with Gasteiger partial charge in [0.2, 0.25) is 0 Å². The van der Waals surface area contributed by atoms with E-state index in [1.54, 1.807) is 19.0 Å². The standard InChI is InChI=1S/C19H32N4OS/c1-5-20-19(21-12-6-7-14-25-4)22-13-11-16-9-8-10-17(15-16)18(24)23(2)3/h8-10,15H,5-7,11-14H2,1-4H3,(H2,20,21,22). The summed E-state index contributed by atoms with van der Waals surface area (Å²) >= 11 is 1.88. The van der Waals surface area contributed by atoms with Crippen LogP contribution in [-0.2, 0) is 6.42 Å². The number of rotatable bonds is 10. The molecule has 5 nitrogen and oxygen atoms in total. The molecule has 0 radical (unpaired) electrons. The van der Waals surface area contributed by atoms with Gasteiger partial charge in [-0.1, -0.05) is 12.1 Å². The number of thioether (sulfide) groups is 1. The lowest BCUT2D eigenvalue weighted by Gasteiger charge is -2.13. The zero-order chi connectivity index (χ0) is 18.5. The van der Waals surface area contributed by atoms with Gasteiger partial charge in [0.05, 0.1) is 0 Å². The largest absolute Gasteiger partial charge is 0.357 e. The van der Waals surface area contributed by atoms with Gasteiger partial charge in [-0.25, -0.2) is 0 Å². The van der Waals surface area contributed by atoms with E-state index in [1.807, 2.05) is 30.0 Å². The van der Waals surface area contributed by atoms with Crippen LogP contribution in [0.4, 0.5) is 0 Å².